The lowest BCUT2D eigenvalue weighted by molar-refractivity contribution is -0.118. The Hall–Kier alpha value is -2.40. The van der Waals surface area contributed by atoms with Crippen LogP contribution in [0.4, 0.5) is 11.4 Å². The SMILES string of the molecule is CCNC[C@@H]1CCCN1c1cncc(-c2cccc3c2N(C)C(=O)CC3)c1. The van der Waals surface area contributed by atoms with Gasteiger partial charge in [0.2, 0.25) is 5.91 Å². The average molecular weight is 364 g/mol. The first kappa shape index (κ1) is 18.0. The molecule has 1 N–H and O–H groups in total. The van der Waals surface area contributed by atoms with Gasteiger partial charge in [0, 0.05) is 49.9 Å². The third-order valence-corrected chi connectivity index (χ3v) is 5.81. The topological polar surface area (TPSA) is 48.5 Å². The minimum atomic E-state index is 0.185. The van der Waals surface area contributed by atoms with Crippen molar-refractivity contribution in [3.8, 4) is 11.1 Å². The van der Waals surface area contributed by atoms with Crippen LogP contribution in [0.2, 0.25) is 0 Å². The van der Waals surface area contributed by atoms with E-state index in [1.54, 1.807) is 0 Å². The molecule has 4 rings (SSSR count). The predicted octanol–water partition coefficient (Wildman–Crippen LogP) is 3.24. The summed E-state index contributed by atoms with van der Waals surface area (Å²) in [5.41, 5.74) is 5.64. The number of hydrogen-bond donors (Lipinski definition) is 1. The highest BCUT2D eigenvalue weighted by molar-refractivity contribution is 6.00. The third-order valence-electron chi connectivity index (χ3n) is 5.81. The number of benzene rings is 1. The Balaban J connectivity index is 1.69. The van der Waals surface area contributed by atoms with E-state index < -0.39 is 0 Å². The molecule has 0 saturated carbocycles. The zero-order chi connectivity index (χ0) is 18.8. The third kappa shape index (κ3) is 3.44. The van der Waals surface area contributed by atoms with Crippen molar-refractivity contribution in [3.63, 3.8) is 0 Å². The van der Waals surface area contributed by atoms with Crippen molar-refractivity contribution in [2.45, 2.75) is 38.6 Å². The largest absolute Gasteiger partial charge is 0.366 e. The van der Waals surface area contributed by atoms with Gasteiger partial charge in [0.25, 0.3) is 0 Å². The summed E-state index contributed by atoms with van der Waals surface area (Å²) in [6.07, 6.45) is 7.73. The molecule has 5 nitrogen and oxygen atoms in total. The number of aryl methyl sites for hydroxylation is 1. The van der Waals surface area contributed by atoms with Crippen molar-refractivity contribution in [2.24, 2.45) is 0 Å². The van der Waals surface area contributed by atoms with E-state index in [0.29, 0.717) is 12.5 Å². The summed E-state index contributed by atoms with van der Waals surface area (Å²) in [5.74, 6) is 0.185. The van der Waals surface area contributed by atoms with Gasteiger partial charge in [0.15, 0.2) is 0 Å². The van der Waals surface area contributed by atoms with E-state index in [0.717, 1.165) is 42.9 Å². The number of anilines is 2. The standard InChI is InChI=1S/C22H28N4O/c1-3-23-14-18-7-5-11-26(18)19-12-17(13-24-15-19)20-8-4-6-16-9-10-21(27)25(2)22(16)20/h4,6,8,12-13,15,18,23H,3,5,7,9-11,14H2,1-2H3/t18-/m0/s1. The normalized spacial score (nSPS) is 19.5. The summed E-state index contributed by atoms with van der Waals surface area (Å²) in [7, 11) is 1.88. The quantitative estimate of drug-likeness (QED) is 0.885. The molecular weight excluding hydrogens is 336 g/mol. The first-order valence-electron chi connectivity index (χ1n) is 10.00. The number of likely N-dealkylation sites (N-methyl/N-ethyl adjacent to an activating group) is 1. The maximum atomic E-state index is 12.3. The lowest BCUT2D eigenvalue weighted by Crippen LogP contribution is -2.38. The van der Waals surface area contributed by atoms with Crippen molar-refractivity contribution in [1.29, 1.82) is 0 Å². The highest BCUT2D eigenvalue weighted by Crippen LogP contribution is 2.38. The summed E-state index contributed by atoms with van der Waals surface area (Å²) in [5, 5.41) is 3.48. The summed E-state index contributed by atoms with van der Waals surface area (Å²) >= 11 is 0. The Morgan fingerprint density at radius 2 is 2.15 bits per heavy atom. The molecule has 1 fully saturated rings. The summed E-state index contributed by atoms with van der Waals surface area (Å²) in [6, 6.07) is 9.09. The summed E-state index contributed by atoms with van der Waals surface area (Å²) in [6.45, 7) is 5.24. The Morgan fingerprint density at radius 1 is 1.26 bits per heavy atom. The number of carbonyl (C=O) groups excluding carboxylic acids is 1. The molecule has 1 aromatic heterocycles. The van der Waals surface area contributed by atoms with Crippen LogP contribution < -0.4 is 15.1 Å². The number of rotatable bonds is 5. The molecule has 142 valence electrons. The van der Waals surface area contributed by atoms with Crippen LogP contribution in [0.1, 0.15) is 31.7 Å². The molecule has 0 unspecified atom stereocenters. The van der Waals surface area contributed by atoms with Crippen LogP contribution >= 0.6 is 0 Å². The first-order chi connectivity index (χ1) is 13.2. The van der Waals surface area contributed by atoms with Crippen LogP contribution in [0.15, 0.2) is 36.7 Å². The number of pyridine rings is 1. The van der Waals surface area contributed by atoms with E-state index in [-0.39, 0.29) is 5.91 Å². The molecule has 1 amide bonds. The van der Waals surface area contributed by atoms with E-state index in [1.807, 2.05) is 24.3 Å². The Bertz CT molecular complexity index is 835. The molecule has 2 aliphatic heterocycles. The number of fused-ring (bicyclic) bond motifs is 1. The number of para-hydroxylation sites is 1. The summed E-state index contributed by atoms with van der Waals surface area (Å²) < 4.78 is 0. The maximum absolute atomic E-state index is 12.3. The van der Waals surface area contributed by atoms with Crippen LogP contribution in [0.3, 0.4) is 0 Å². The minimum Gasteiger partial charge on any atom is -0.366 e. The van der Waals surface area contributed by atoms with Crippen molar-refractivity contribution >= 4 is 17.3 Å². The fourth-order valence-electron chi connectivity index (χ4n) is 4.39. The second-order valence-electron chi connectivity index (χ2n) is 7.49. The molecule has 5 heteroatoms. The number of carbonyl (C=O) groups is 1. The van der Waals surface area contributed by atoms with Gasteiger partial charge in [-0.05, 0) is 37.4 Å². The summed E-state index contributed by atoms with van der Waals surface area (Å²) in [4.78, 5) is 21.1. The van der Waals surface area contributed by atoms with Crippen LogP contribution in [-0.4, -0.2) is 43.6 Å². The van der Waals surface area contributed by atoms with Gasteiger partial charge >= 0.3 is 0 Å². The van der Waals surface area contributed by atoms with Gasteiger partial charge in [-0.3, -0.25) is 9.78 Å². The number of hydrogen-bond acceptors (Lipinski definition) is 4. The Morgan fingerprint density at radius 3 is 3.00 bits per heavy atom. The highest BCUT2D eigenvalue weighted by Gasteiger charge is 2.26. The second-order valence-corrected chi connectivity index (χ2v) is 7.49. The lowest BCUT2D eigenvalue weighted by atomic mass is 9.94. The predicted molar refractivity (Wildman–Crippen MR) is 110 cm³/mol. The van der Waals surface area contributed by atoms with E-state index in [4.69, 9.17) is 0 Å². The molecule has 27 heavy (non-hydrogen) atoms. The van der Waals surface area contributed by atoms with Gasteiger partial charge in [0.05, 0.1) is 17.6 Å². The van der Waals surface area contributed by atoms with Crippen LogP contribution in [0.5, 0.6) is 0 Å². The molecule has 2 aliphatic rings. The molecule has 0 bridgehead atoms. The Labute approximate surface area is 161 Å². The molecule has 1 saturated heterocycles. The molecule has 0 radical (unpaired) electrons. The van der Waals surface area contributed by atoms with E-state index >= 15 is 0 Å². The molecule has 1 atom stereocenters. The minimum absolute atomic E-state index is 0.185. The van der Waals surface area contributed by atoms with E-state index in [9.17, 15) is 4.79 Å². The van der Waals surface area contributed by atoms with Crippen molar-refractivity contribution < 1.29 is 4.79 Å². The molecule has 0 spiro atoms. The zero-order valence-corrected chi connectivity index (χ0v) is 16.2. The van der Waals surface area contributed by atoms with Crippen LogP contribution in [0.25, 0.3) is 11.1 Å². The second kappa shape index (κ2) is 7.69. The number of nitrogens with zero attached hydrogens (tertiary/aromatic N) is 3. The molecule has 0 aliphatic carbocycles. The van der Waals surface area contributed by atoms with Crippen molar-refractivity contribution in [1.82, 2.24) is 10.3 Å². The van der Waals surface area contributed by atoms with Gasteiger partial charge in [-0.15, -0.1) is 0 Å². The zero-order valence-electron chi connectivity index (χ0n) is 16.2. The van der Waals surface area contributed by atoms with Gasteiger partial charge in [-0.25, -0.2) is 0 Å². The fraction of sp³-hybridized carbons (Fsp3) is 0.455. The maximum Gasteiger partial charge on any atom is 0.227 e. The smallest absolute Gasteiger partial charge is 0.227 e. The monoisotopic (exact) mass is 364 g/mol. The average Bonchev–Trinajstić information content (AvgIpc) is 3.17. The molecule has 3 heterocycles. The lowest BCUT2D eigenvalue weighted by Gasteiger charge is -2.29. The first-order valence-corrected chi connectivity index (χ1v) is 10.00. The fourth-order valence-corrected chi connectivity index (χ4v) is 4.39. The van der Waals surface area contributed by atoms with Gasteiger partial charge in [-0.2, -0.15) is 0 Å². The van der Waals surface area contributed by atoms with Crippen molar-refractivity contribution in [2.75, 3.05) is 36.5 Å². The van der Waals surface area contributed by atoms with E-state index in [2.05, 4.69) is 46.4 Å². The van der Waals surface area contributed by atoms with Crippen LogP contribution in [-0.2, 0) is 11.2 Å². The van der Waals surface area contributed by atoms with Gasteiger partial charge in [-0.1, -0.05) is 25.1 Å². The molecular formula is C22H28N4O. The van der Waals surface area contributed by atoms with Gasteiger partial charge in [0.1, 0.15) is 0 Å². The molecule has 1 aromatic carbocycles. The van der Waals surface area contributed by atoms with Crippen LogP contribution in [0, 0.1) is 0 Å². The number of nitrogens with one attached hydrogen (secondary N) is 1. The van der Waals surface area contributed by atoms with E-state index in [1.165, 1.54) is 24.1 Å². The van der Waals surface area contributed by atoms with Gasteiger partial charge < -0.3 is 15.1 Å². The Kier molecular flexibility index (Phi) is 5.12. The number of amides is 1. The van der Waals surface area contributed by atoms with Crippen molar-refractivity contribution in [3.05, 3.63) is 42.2 Å². The highest BCUT2D eigenvalue weighted by atomic mass is 16.2. The number of aromatic nitrogens is 1. The molecule has 2 aromatic rings.